The number of para-hydroxylation sites is 1. The molecule has 0 saturated heterocycles. The van der Waals surface area contributed by atoms with Gasteiger partial charge < -0.3 is 14.5 Å². The largest absolute Gasteiger partial charge is 0.454 e. The van der Waals surface area contributed by atoms with Crippen LogP contribution in [0.15, 0.2) is 28.2 Å². The number of hydrogen-bond acceptors (Lipinski definition) is 6. The lowest BCUT2D eigenvalue weighted by molar-refractivity contribution is 0.173. The second-order valence-corrected chi connectivity index (χ2v) is 7.26. The Hall–Kier alpha value is -2.46. The molecule has 0 amide bonds. The molecule has 1 aromatic heterocycles. The Morgan fingerprint density at radius 1 is 1.38 bits per heavy atom. The fraction of sp³-hybridized carbons (Fsp3) is 0.353. The van der Waals surface area contributed by atoms with E-state index in [4.69, 9.17) is 9.47 Å². The molecule has 0 radical (unpaired) electrons. The number of thioether (sulfide) groups is 1. The van der Waals surface area contributed by atoms with Gasteiger partial charge >= 0.3 is 0 Å². The van der Waals surface area contributed by atoms with Crippen LogP contribution in [0, 0.1) is 18.3 Å². The Bertz CT molecular complexity index is 870. The Kier molecular flexibility index (Phi) is 4.49. The first kappa shape index (κ1) is 16.4. The molecule has 1 aromatic carbocycles. The van der Waals surface area contributed by atoms with Gasteiger partial charge in [0.05, 0.1) is 11.8 Å². The zero-order valence-electron chi connectivity index (χ0n) is 13.6. The Labute approximate surface area is 143 Å². The summed E-state index contributed by atoms with van der Waals surface area (Å²) in [5.41, 5.74) is 1.32. The van der Waals surface area contributed by atoms with E-state index in [0.29, 0.717) is 33.5 Å². The highest BCUT2D eigenvalue weighted by molar-refractivity contribution is 7.99. The SMILES string of the molecule is Cc1c(C(C#N)c2cccc3c2OCO3)nc(SC(C)C)[nH]c1=O. The number of ether oxygens (including phenoxy) is 2. The van der Waals surface area contributed by atoms with Crippen LogP contribution in [0.5, 0.6) is 11.5 Å². The van der Waals surface area contributed by atoms with Gasteiger partial charge in [0.1, 0.15) is 5.92 Å². The first-order valence-corrected chi connectivity index (χ1v) is 8.44. The molecule has 1 N–H and O–H groups in total. The number of benzene rings is 1. The molecule has 0 fully saturated rings. The van der Waals surface area contributed by atoms with Gasteiger partial charge in [-0.1, -0.05) is 37.7 Å². The summed E-state index contributed by atoms with van der Waals surface area (Å²) in [6.45, 7) is 5.83. The van der Waals surface area contributed by atoms with E-state index in [1.807, 2.05) is 13.8 Å². The third-order valence-corrected chi connectivity index (χ3v) is 4.54. The molecule has 0 spiro atoms. The van der Waals surface area contributed by atoms with Crippen molar-refractivity contribution in [2.75, 3.05) is 6.79 Å². The molecule has 1 aliphatic heterocycles. The van der Waals surface area contributed by atoms with Gasteiger partial charge in [-0.25, -0.2) is 4.98 Å². The number of nitriles is 1. The highest BCUT2D eigenvalue weighted by Crippen LogP contribution is 2.41. The molecule has 124 valence electrons. The van der Waals surface area contributed by atoms with Crippen molar-refractivity contribution in [2.45, 2.75) is 37.1 Å². The van der Waals surface area contributed by atoms with Crippen LogP contribution in [-0.2, 0) is 0 Å². The van der Waals surface area contributed by atoms with Gasteiger partial charge in [-0.05, 0) is 13.0 Å². The number of H-pyrrole nitrogens is 1. The van der Waals surface area contributed by atoms with Gasteiger partial charge in [-0.15, -0.1) is 0 Å². The predicted molar refractivity (Wildman–Crippen MR) is 90.6 cm³/mol. The monoisotopic (exact) mass is 343 g/mol. The summed E-state index contributed by atoms with van der Waals surface area (Å²) >= 11 is 1.45. The molecule has 6 nitrogen and oxygen atoms in total. The molecule has 1 atom stereocenters. The van der Waals surface area contributed by atoms with E-state index >= 15 is 0 Å². The molecular weight excluding hydrogens is 326 g/mol. The second kappa shape index (κ2) is 6.57. The van der Waals surface area contributed by atoms with E-state index < -0.39 is 5.92 Å². The summed E-state index contributed by atoms with van der Waals surface area (Å²) in [6, 6.07) is 7.65. The van der Waals surface area contributed by atoms with Crippen LogP contribution < -0.4 is 15.0 Å². The third kappa shape index (κ3) is 2.97. The first-order chi connectivity index (χ1) is 11.5. The smallest absolute Gasteiger partial charge is 0.254 e. The summed E-state index contributed by atoms with van der Waals surface area (Å²) in [7, 11) is 0. The Balaban J connectivity index is 2.13. The van der Waals surface area contributed by atoms with Crippen molar-refractivity contribution < 1.29 is 9.47 Å². The summed E-state index contributed by atoms with van der Waals surface area (Å²) < 4.78 is 10.9. The van der Waals surface area contributed by atoms with E-state index in [-0.39, 0.29) is 17.6 Å². The standard InChI is InChI=1S/C17H17N3O3S/c1-9(2)24-17-19-14(10(3)16(21)20-17)12(7-18)11-5-4-6-13-15(11)23-8-22-13/h4-6,9,12H,8H2,1-3H3,(H,19,20,21). The maximum absolute atomic E-state index is 12.3. The average molecular weight is 343 g/mol. The first-order valence-electron chi connectivity index (χ1n) is 7.57. The summed E-state index contributed by atoms with van der Waals surface area (Å²) in [6.07, 6.45) is 0. The van der Waals surface area contributed by atoms with Crippen molar-refractivity contribution >= 4 is 11.8 Å². The van der Waals surface area contributed by atoms with E-state index in [2.05, 4.69) is 16.0 Å². The van der Waals surface area contributed by atoms with Crippen LogP contribution in [0.1, 0.15) is 36.6 Å². The van der Waals surface area contributed by atoms with Gasteiger partial charge in [-0.2, -0.15) is 5.26 Å². The predicted octanol–water partition coefficient (Wildman–Crippen LogP) is 2.96. The summed E-state index contributed by atoms with van der Waals surface area (Å²) in [5, 5.41) is 10.5. The van der Waals surface area contributed by atoms with Crippen LogP contribution in [0.2, 0.25) is 0 Å². The lowest BCUT2D eigenvalue weighted by Gasteiger charge is -2.15. The average Bonchev–Trinajstić information content (AvgIpc) is 3.01. The van der Waals surface area contributed by atoms with Gasteiger partial charge in [0.15, 0.2) is 16.7 Å². The van der Waals surface area contributed by atoms with Gasteiger partial charge in [0.2, 0.25) is 6.79 Å². The number of hydrogen-bond donors (Lipinski definition) is 1. The van der Waals surface area contributed by atoms with Gasteiger partial charge in [0, 0.05) is 16.4 Å². The van der Waals surface area contributed by atoms with Crippen LogP contribution in [0.3, 0.4) is 0 Å². The van der Waals surface area contributed by atoms with Crippen LogP contribution in [-0.4, -0.2) is 22.0 Å². The van der Waals surface area contributed by atoms with Gasteiger partial charge in [0.25, 0.3) is 5.56 Å². The fourth-order valence-corrected chi connectivity index (χ4v) is 3.30. The zero-order valence-corrected chi connectivity index (χ0v) is 14.4. The van der Waals surface area contributed by atoms with Crippen molar-refractivity contribution in [1.29, 1.82) is 5.26 Å². The van der Waals surface area contributed by atoms with Crippen molar-refractivity contribution in [3.8, 4) is 17.6 Å². The molecule has 7 heteroatoms. The molecule has 2 heterocycles. The van der Waals surface area contributed by atoms with Crippen molar-refractivity contribution in [3.63, 3.8) is 0 Å². The Morgan fingerprint density at radius 2 is 2.17 bits per heavy atom. The number of aromatic nitrogens is 2. The molecule has 1 unspecified atom stereocenters. The fourth-order valence-electron chi connectivity index (χ4n) is 2.55. The van der Waals surface area contributed by atoms with Gasteiger partial charge in [-0.3, -0.25) is 4.79 Å². The minimum atomic E-state index is -0.699. The quantitative estimate of drug-likeness (QED) is 0.678. The molecule has 1 aliphatic rings. The highest BCUT2D eigenvalue weighted by Gasteiger charge is 2.27. The summed E-state index contributed by atoms with van der Waals surface area (Å²) in [4.78, 5) is 19.5. The van der Waals surface area contributed by atoms with Crippen LogP contribution >= 0.6 is 11.8 Å². The number of nitrogens with zero attached hydrogens (tertiary/aromatic N) is 2. The molecule has 0 saturated carbocycles. The van der Waals surface area contributed by atoms with E-state index in [0.717, 1.165) is 0 Å². The number of nitrogens with one attached hydrogen (secondary N) is 1. The lowest BCUT2D eigenvalue weighted by Crippen LogP contribution is -2.19. The lowest BCUT2D eigenvalue weighted by atomic mass is 9.93. The summed E-state index contributed by atoms with van der Waals surface area (Å²) in [5.74, 6) is 0.450. The van der Waals surface area contributed by atoms with Crippen molar-refractivity contribution in [2.24, 2.45) is 0 Å². The van der Waals surface area contributed by atoms with E-state index in [1.165, 1.54) is 11.8 Å². The third-order valence-electron chi connectivity index (χ3n) is 3.66. The number of rotatable bonds is 4. The minimum Gasteiger partial charge on any atom is -0.454 e. The van der Waals surface area contributed by atoms with Crippen LogP contribution in [0.4, 0.5) is 0 Å². The molecule has 24 heavy (non-hydrogen) atoms. The second-order valence-electron chi connectivity index (χ2n) is 5.69. The molecule has 3 rings (SSSR count). The van der Waals surface area contributed by atoms with Crippen molar-refractivity contribution in [1.82, 2.24) is 9.97 Å². The van der Waals surface area contributed by atoms with E-state index in [9.17, 15) is 10.1 Å². The number of aromatic amines is 1. The van der Waals surface area contributed by atoms with Crippen molar-refractivity contribution in [3.05, 3.63) is 45.4 Å². The molecule has 0 bridgehead atoms. The zero-order chi connectivity index (χ0) is 17.3. The molecule has 2 aromatic rings. The minimum absolute atomic E-state index is 0.126. The molecule has 0 aliphatic carbocycles. The highest BCUT2D eigenvalue weighted by atomic mass is 32.2. The Morgan fingerprint density at radius 3 is 2.88 bits per heavy atom. The number of fused-ring (bicyclic) bond motifs is 1. The maximum atomic E-state index is 12.3. The van der Waals surface area contributed by atoms with Crippen LogP contribution in [0.25, 0.3) is 0 Å². The maximum Gasteiger partial charge on any atom is 0.254 e. The molecular formula is C17H17N3O3S. The van der Waals surface area contributed by atoms with E-state index in [1.54, 1.807) is 25.1 Å². The normalized spacial score (nSPS) is 13.8. The topological polar surface area (TPSA) is 88.0 Å².